The molecule has 0 saturated heterocycles. The molecule has 0 bridgehead atoms. The van der Waals surface area contributed by atoms with E-state index in [2.05, 4.69) is 61.5 Å². The highest BCUT2D eigenvalue weighted by molar-refractivity contribution is 5.99. The second kappa shape index (κ2) is 4.43. The van der Waals surface area contributed by atoms with Gasteiger partial charge in [0.1, 0.15) is 0 Å². The van der Waals surface area contributed by atoms with Crippen LogP contribution in [0.3, 0.4) is 0 Å². The van der Waals surface area contributed by atoms with E-state index in [0.717, 1.165) is 0 Å². The summed E-state index contributed by atoms with van der Waals surface area (Å²) >= 11 is 0. The Hall–Kier alpha value is -1.86. The summed E-state index contributed by atoms with van der Waals surface area (Å²) in [5, 5.41) is 5.12. The predicted octanol–water partition coefficient (Wildman–Crippen LogP) is 4.70. The van der Waals surface area contributed by atoms with E-state index in [-0.39, 0.29) is 6.10 Å². The van der Waals surface area contributed by atoms with Gasteiger partial charge in [-0.15, -0.1) is 0 Å². The van der Waals surface area contributed by atoms with Gasteiger partial charge in [-0.1, -0.05) is 42.5 Å². The van der Waals surface area contributed by atoms with Crippen molar-refractivity contribution in [3.8, 4) is 0 Å². The Labute approximate surface area is 107 Å². The minimum absolute atomic E-state index is 0.120. The maximum Gasteiger partial charge on any atom is 0.0799 e. The molecule has 0 heterocycles. The Balaban J connectivity index is 2.36. The molecule has 3 rings (SSSR count). The van der Waals surface area contributed by atoms with E-state index in [0.29, 0.717) is 0 Å². The highest BCUT2D eigenvalue weighted by Gasteiger charge is 2.08. The summed E-state index contributed by atoms with van der Waals surface area (Å²) in [6.07, 6.45) is 0.120. The number of ether oxygens (including phenoxy) is 1. The maximum absolute atomic E-state index is 5.46. The van der Waals surface area contributed by atoms with Crippen LogP contribution >= 0.6 is 0 Å². The number of rotatable bonds is 2. The molecule has 0 aliphatic rings. The fraction of sp³-hybridized carbons (Fsp3) is 0.176. The molecule has 3 aromatic rings. The van der Waals surface area contributed by atoms with Crippen LogP contribution in [0.15, 0.2) is 54.6 Å². The molecule has 0 saturated carbocycles. The predicted molar refractivity (Wildman–Crippen MR) is 76.9 cm³/mol. The van der Waals surface area contributed by atoms with Crippen LogP contribution in [0, 0.1) is 0 Å². The molecule has 1 nitrogen and oxygen atoms in total. The van der Waals surface area contributed by atoms with Crippen LogP contribution in [-0.4, -0.2) is 7.11 Å². The first-order valence-corrected chi connectivity index (χ1v) is 6.24. The first-order chi connectivity index (χ1) is 8.79. The van der Waals surface area contributed by atoms with Crippen molar-refractivity contribution < 1.29 is 4.74 Å². The van der Waals surface area contributed by atoms with Crippen LogP contribution in [0.2, 0.25) is 0 Å². The Morgan fingerprint density at radius 1 is 0.833 bits per heavy atom. The Kier molecular flexibility index (Phi) is 2.77. The summed E-state index contributed by atoms with van der Waals surface area (Å²) in [7, 11) is 1.75. The summed E-state index contributed by atoms with van der Waals surface area (Å²) in [6, 6.07) is 19.4. The topological polar surface area (TPSA) is 9.23 Å². The number of fused-ring (bicyclic) bond motifs is 2. The van der Waals surface area contributed by atoms with Gasteiger partial charge in [0.25, 0.3) is 0 Å². The van der Waals surface area contributed by atoms with Crippen LogP contribution in [0.4, 0.5) is 0 Å². The molecule has 0 aliphatic carbocycles. The molecule has 0 fully saturated rings. The average molecular weight is 236 g/mol. The molecule has 90 valence electrons. The van der Waals surface area contributed by atoms with Crippen LogP contribution in [0.1, 0.15) is 18.6 Å². The zero-order chi connectivity index (χ0) is 12.5. The molecular weight excluding hydrogens is 220 g/mol. The number of hydrogen-bond donors (Lipinski definition) is 0. The van der Waals surface area contributed by atoms with E-state index in [9.17, 15) is 0 Å². The lowest BCUT2D eigenvalue weighted by Gasteiger charge is -2.13. The molecule has 0 N–H and O–H groups in total. The minimum atomic E-state index is 0.120. The Bertz CT molecular complexity index is 700. The second-order valence-electron chi connectivity index (χ2n) is 4.65. The highest BCUT2D eigenvalue weighted by Crippen LogP contribution is 2.29. The summed E-state index contributed by atoms with van der Waals surface area (Å²) < 4.78 is 5.46. The van der Waals surface area contributed by atoms with Gasteiger partial charge in [-0.25, -0.2) is 0 Å². The first-order valence-electron chi connectivity index (χ1n) is 6.24. The van der Waals surface area contributed by atoms with Crippen molar-refractivity contribution in [3.05, 3.63) is 60.2 Å². The van der Waals surface area contributed by atoms with E-state index in [1.165, 1.54) is 27.1 Å². The molecule has 1 unspecified atom stereocenters. The van der Waals surface area contributed by atoms with Crippen molar-refractivity contribution >= 4 is 21.5 Å². The van der Waals surface area contributed by atoms with Gasteiger partial charge in [0, 0.05) is 7.11 Å². The van der Waals surface area contributed by atoms with Crippen LogP contribution in [0.25, 0.3) is 21.5 Å². The molecule has 0 spiro atoms. The van der Waals surface area contributed by atoms with E-state index in [4.69, 9.17) is 4.74 Å². The van der Waals surface area contributed by atoms with E-state index >= 15 is 0 Å². The van der Waals surface area contributed by atoms with Gasteiger partial charge < -0.3 is 4.74 Å². The van der Waals surface area contributed by atoms with Crippen molar-refractivity contribution in [1.82, 2.24) is 0 Å². The van der Waals surface area contributed by atoms with Crippen LogP contribution in [0.5, 0.6) is 0 Å². The normalized spacial score (nSPS) is 13.0. The van der Waals surface area contributed by atoms with Crippen molar-refractivity contribution in [2.24, 2.45) is 0 Å². The number of hydrogen-bond acceptors (Lipinski definition) is 1. The van der Waals surface area contributed by atoms with Gasteiger partial charge in [0.05, 0.1) is 6.10 Å². The molecule has 3 aromatic carbocycles. The summed E-state index contributed by atoms with van der Waals surface area (Å²) in [6.45, 7) is 2.09. The van der Waals surface area contributed by atoms with Gasteiger partial charge in [-0.3, -0.25) is 0 Å². The maximum atomic E-state index is 5.46. The molecule has 0 aromatic heterocycles. The third-order valence-corrected chi connectivity index (χ3v) is 3.57. The van der Waals surface area contributed by atoms with Gasteiger partial charge >= 0.3 is 0 Å². The Morgan fingerprint density at radius 2 is 1.50 bits per heavy atom. The quantitative estimate of drug-likeness (QED) is 0.586. The summed E-state index contributed by atoms with van der Waals surface area (Å²) in [5.74, 6) is 0. The van der Waals surface area contributed by atoms with E-state index in [1.807, 2.05) is 0 Å². The lowest BCUT2D eigenvalue weighted by atomic mass is 9.97. The zero-order valence-corrected chi connectivity index (χ0v) is 10.7. The average Bonchev–Trinajstić information content (AvgIpc) is 2.43. The molecule has 1 atom stereocenters. The van der Waals surface area contributed by atoms with Crippen molar-refractivity contribution in [2.75, 3.05) is 7.11 Å². The fourth-order valence-electron chi connectivity index (χ4n) is 2.47. The molecule has 0 aliphatic heterocycles. The fourth-order valence-corrected chi connectivity index (χ4v) is 2.47. The zero-order valence-electron chi connectivity index (χ0n) is 10.7. The standard InChI is InChI=1S/C17H16O/c1-12(18-2)16-9-5-8-15-10-13-6-3-4-7-14(13)11-17(15)16/h3-12H,1-2H3. The first kappa shape index (κ1) is 11.2. The minimum Gasteiger partial charge on any atom is -0.377 e. The van der Waals surface area contributed by atoms with Crippen LogP contribution < -0.4 is 0 Å². The highest BCUT2D eigenvalue weighted by atomic mass is 16.5. The van der Waals surface area contributed by atoms with Crippen LogP contribution in [-0.2, 0) is 4.74 Å². The molecule has 18 heavy (non-hydrogen) atoms. The summed E-state index contributed by atoms with van der Waals surface area (Å²) in [4.78, 5) is 0. The Morgan fingerprint density at radius 3 is 2.22 bits per heavy atom. The van der Waals surface area contributed by atoms with Gasteiger partial charge in [0.2, 0.25) is 0 Å². The monoisotopic (exact) mass is 236 g/mol. The number of methoxy groups -OCH3 is 1. The molecular formula is C17H16O. The van der Waals surface area contributed by atoms with E-state index in [1.54, 1.807) is 7.11 Å². The largest absolute Gasteiger partial charge is 0.377 e. The lowest BCUT2D eigenvalue weighted by molar-refractivity contribution is 0.121. The van der Waals surface area contributed by atoms with Gasteiger partial charge in [-0.05, 0) is 46.2 Å². The van der Waals surface area contributed by atoms with E-state index < -0.39 is 0 Å². The van der Waals surface area contributed by atoms with Gasteiger partial charge in [0.15, 0.2) is 0 Å². The third-order valence-electron chi connectivity index (χ3n) is 3.57. The smallest absolute Gasteiger partial charge is 0.0799 e. The number of benzene rings is 3. The lowest BCUT2D eigenvalue weighted by Crippen LogP contribution is -1.96. The van der Waals surface area contributed by atoms with Crippen molar-refractivity contribution in [1.29, 1.82) is 0 Å². The second-order valence-corrected chi connectivity index (χ2v) is 4.65. The third kappa shape index (κ3) is 1.77. The molecule has 0 radical (unpaired) electrons. The molecule has 0 amide bonds. The summed E-state index contributed by atoms with van der Waals surface area (Å²) in [5.41, 5.74) is 1.25. The van der Waals surface area contributed by atoms with Crippen molar-refractivity contribution in [3.63, 3.8) is 0 Å². The van der Waals surface area contributed by atoms with Crippen molar-refractivity contribution in [2.45, 2.75) is 13.0 Å². The SMILES string of the molecule is COC(C)c1cccc2cc3ccccc3cc12. The van der Waals surface area contributed by atoms with Gasteiger partial charge in [-0.2, -0.15) is 0 Å². The molecule has 1 heteroatoms.